The van der Waals surface area contributed by atoms with Gasteiger partial charge in [-0.2, -0.15) is 0 Å². The molecule has 90 valence electrons. The summed E-state index contributed by atoms with van der Waals surface area (Å²) < 4.78 is 10.6. The fourth-order valence-corrected chi connectivity index (χ4v) is 2.08. The molecule has 0 saturated heterocycles. The molecule has 0 bridgehead atoms. The smallest absolute Gasteiger partial charge is 0.179 e. The summed E-state index contributed by atoms with van der Waals surface area (Å²) in [6, 6.07) is 1.90. The average molecular weight is 244 g/mol. The number of methoxy groups -OCH3 is 2. The molecule has 0 spiro atoms. The van der Waals surface area contributed by atoms with Gasteiger partial charge in [-0.15, -0.1) is 0 Å². The summed E-state index contributed by atoms with van der Waals surface area (Å²) >= 11 is 6.14. The molecule has 1 rings (SSSR count). The zero-order chi connectivity index (χ0) is 12.3. The van der Waals surface area contributed by atoms with E-state index in [0.717, 1.165) is 11.1 Å². The summed E-state index contributed by atoms with van der Waals surface area (Å²) in [5, 5.41) is 0.556. The fourth-order valence-electron chi connectivity index (χ4n) is 1.79. The Labute approximate surface area is 101 Å². The minimum atomic E-state index is 0.248. The molecular weight excluding hydrogens is 226 g/mol. The van der Waals surface area contributed by atoms with E-state index in [1.807, 2.05) is 13.0 Å². The monoisotopic (exact) mass is 243 g/mol. The topological polar surface area (TPSA) is 44.5 Å². The summed E-state index contributed by atoms with van der Waals surface area (Å²) in [5.41, 5.74) is 7.80. The van der Waals surface area contributed by atoms with Crippen molar-refractivity contribution in [2.75, 3.05) is 20.8 Å². The zero-order valence-corrected chi connectivity index (χ0v) is 10.9. The van der Waals surface area contributed by atoms with Gasteiger partial charge in [-0.25, -0.2) is 0 Å². The molecule has 0 saturated carbocycles. The van der Waals surface area contributed by atoms with Crippen LogP contribution >= 0.6 is 11.6 Å². The van der Waals surface area contributed by atoms with Crippen molar-refractivity contribution in [3.05, 3.63) is 22.2 Å². The lowest BCUT2D eigenvalue weighted by molar-refractivity contribution is 0.352. The number of halogens is 1. The first-order chi connectivity index (χ1) is 7.56. The highest BCUT2D eigenvalue weighted by Crippen LogP contribution is 2.41. The lowest BCUT2D eigenvalue weighted by Crippen LogP contribution is -2.11. The van der Waals surface area contributed by atoms with Crippen molar-refractivity contribution in [1.82, 2.24) is 0 Å². The zero-order valence-electron chi connectivity index (χ0n) is 10.1. The highest BCUT2D eigenvalue weighted by Gasteiger charge is 2.18. The highest BCUT2D eigenvalue weighted by atomic mass is 35.5. The SMILES string of the molecule is COc1c(Cl)cc(C(C)CN)c(C)c1OC. The van der Waals surface area contributed by atoms with E-state index in [0.29, 0.717) is 23.1 Å². The van der Waals surface area contributed by atoms with Gasteiger partial charge in [0.15, 0.2) is 11.5 Å². The number of rotatable bonds is 4. The molecule has 2 N–H and O–H groups in total. The van der Waals surface area contributed by atoms with E-state index in [4.69, 9.17) is 26.8 Å². The van der Waals surface area contributed by atoms with E-state index in [2.05, 4.69) is 6.92 Å². The average Bonchev–Trinajstić information content (AvgIpc) is 2.29. The first-order valence-electron chi connectivity index (χ1n) is 5.17. The predicted molar refractivity (Wildman–Crippen MR) is 66.8 cm³/mol. The van der Waals surface area contributed by atoms with Crippen molar-refractivity contribution >= 4 is 11.6 Å². The van der Waals surface area contributed by atoms with Crippen LogP contribution < -0.4 is 15.2 Å². The molecule has 0 fully saturated rings. The number of hydrogen-bond donors (Lipinski definition) is 1. The molecule has 1 aromatic carbocycles. The molecule has 0 aliphatic heterocycles. The van der Waals surface area contributed by atoms with Crippen LogP contribution in [0, 0.1) is 6.92 Å². The minimum absolute atomic E-state index is 0.248. The second kappa shape index (κ2) is 5.41. The first kappa shape index (κ1) is 13.1. The Kier molecular flexibility index (Phi) is 4.44. The van der Waals surface area contributed by atoms with Crippen LogP contribution in [0.4, 0.5) is 0 Å². The van der Waals surface area contributed by atoms with Crippen molar-refractivity contribution < 1.29 is 9.47 Å². The molecule has 0 aliphatic carbocycles. The van der Waals surface area contributed by atoms with Crippen LogP contribution in [0.3, 0.4) is 0 Å². The Morgan fingerprint density at radius 2 is 1.88 bits per heavy atom. The van der Waals surface area contributed by atoms with Gasteiger partial charge in [0.2, 0.25) is 0 Å². The van der Waals surface area contributed by atoms with Gasteiger partial charge in [-0.1, -0.05) is 18.5 Å². The van der Waals surface area contributed by atoms with Gasteiger partial charge < -0.3 is 15.2 Å². The van der Waals surface area contributed by atoms with Gasteiger partial charge in [-0.05, 0) is 36.6 Å². The van der Waals surface area contributed by atoms with E-state index in [-0.39, 0.29) is 5.92 Å². The maximum atomic E-state index is 6.14. The molecule has 0 aliphatic rings. The van der Waals surface area contributed by atoms with Gasteiger partial charge >= 0.3 is 0 Å². The van der Waals surface area contributed by atoms with Crippen molar-refractivity contribution in [2.45, 2.75) is 19.8 Å². The van der Waals surface area contributed by atoms with Gasteiger partial charge in [0.1, 0.15) is 0 Å². The predicted octanol–water partition coefficient (Wildman–Crippen LogP) is 2.73. The van der Waals surface area contributed by atoms with Gasteiger partial charge in [0.25, 0.3) is 0 Å². The van der Waals surface area contributed by atoms with Gasteiger partial charge in [0, 0.05) is 0 Å². The lowest BCUT2D eigenvalue weighted by Gasteiger charge is -2.19. The Bertz CT molecular complexity index is 380. The second-order valence-corrected chi connectivity index (χ2v) is 4.18. The molecule has 0 amide bonds. The molecule has 4 heteroatoms. The van der Waals surface area contributed by atoms with Crippen LogP contribution in [0.1, 0.15) is 24.0 Å². The van der Waals surface area contributed by atoms with Crippen molar-refractivity contribution in [3.63, 3.8) is 0 Å². The van der Waals surface area contributed by atoms with Crippen LogP contribution in [0.15, 0.2) is 6.07 Å². The quantitative estimate of drug-likeness (QED) is 0.885. The summed E-state index contributed by atoms with van der Waals surface area (Å²) in [6.07, 6.45) is 0. The molecule has 3 nitrogen and oxygen atoms in total. The molecule has 0 heterocycles. The highest BCUT2D eigenvalue weighted by molar-refractivity contribution is 6.32. The molecule has 16 heavy (non-hydrogen) atoms. The van der Waals surface area contributed by atoms with Crippen molar-refractivity contribution in [1.29, 1.82) is 0 Å². The summed E-state index contributed by atoms with van der Waals surface area (Å²) in [7, 11) is 3.19. The third-order valence-corrected chi connectivity index (χ3v) is 3.05. The number of nitrogens with two attached hydrogens (primary N) is 1. The van der Waals surface area contributed by atoms with Crippen molar-refractivity contribution in [2.24, 2.45) is 5.73 Å². The van der Waals surface area contributed by atoms with Crippen LogP contribution in [-0.4, -0.2) is 20.8 Å². The third kappa shape index (κ3) is 2.25. The summed E-state index contributed by atoms with van der Waals surface area (Å²) in [4.78, 5) is 0. The van der Waals surface area contributed by atoms with E-state index in [9.17, 15) is 0 Å². The standard InChI is InChI=1S/C12H18ClNO2/c1-7(6-14)9-5-10(13)12(16-4)11(15-3)8(9)2/h5,7H,6,14H2,1-4H3. The molecule has 1 aromatic rings. The van der Waals surface area contributed by atoms with Crippen LogP contribution in [0.2, 0.25) is 5.02 Å². The second-order valence-electron chi connectivity index (χ2n) is 3.78. The third-order valence-electron chi connectivity index (χ3n) is 2.77. The van der Waals surface area contributed by atoms with E-state index < -0.39 is 0 Å². The summed E-state index contributed by atoms with van der Waals surface area (Å²) in [6.45, 7) is 4.62. The number of ether oxygens (including phenoxy) is 2. The number of hydrogen-bond acceptors (Lipinski definition) is 3. The normalized spacial score (nSPS) is 12.4. The van der Waals surface area contributed by atoms with E-state index in [1.165, 1.54) is 0 Å². The maximum Gasteiger partial charge on any atom is 0.179 e. The summed E-state index contributed by atoms with van der Waals surface area (Å²) in [5.74, 6) is 1.51. The Morgan fingerprint density at radius 3 is 2.31 bits per heavy atom. The van der Waals surface area contributed by atoms with Gasteiger partial charge in [-0.3, -0.25) is 0 Å². The first-order valence-corrected chi connectivity index (χ1v) is 5.55. The van der Waals surface area contributed by atoms with Gasteiger partial charge in [0.05, 0.1) is 19.2 Å². The molecular formula is C12H18ClNO2. The van der Waals surface area contributed by atoms with Crippen molar-refractivity contribution in [3.8, 4) is 11.5 Å². The Balaban J connectivity index is 3.39. The molecule has 1 unspecified atom stereocenters. The van der Waals surface area contributed by atoms with Crippen LogP contribution in [-0.2, 0) is 0 Å². The Hall–Kier alpha value is -0.930. The molecule has 1 atom stereocenters. The van der Waals surface area contributed by atoms with E-state index in [1.54, 1.807) is 14.2 Å². The minimum Gasteiger partial charge on any atom is -0.493 e. The van der Waals surface area contributed by atoms with Crippen LogP contribution in [0.5, 0.6) is 11.5 Å². The largest absolute Gasteiger partial charge is 0.493 e. The fraction of sp³-hybridized carbons (Fsp3) is 0.500. The Morgan fingerprint density at radius 1 is 1.31 bits per heavy atom. The number of benzene rings is 1. The van der Waals surface area contributed by atoms with Crippen LogP contribution in [0.25, 0.3) is 0 Å². The molecule has 0 aromatic heterocycles. The molecule has 0 radical (unpaired) electrons. The maximum absolute atomic E-state index is 6.14. The lowest BCUT2D eigenvalue weighted by atomic mass is 9.95. The van der Waals surface area contributed by atoms with E-state index >= 15 is 0 Å².